The minimum Gasteiger partial charge on any atom is -0.480 e. The van der Waals surface area contributed by atoms with E-state index in [-0.39, 0.29) is 6.42 Å². The number of carbonyl (C=O) groups excluding carboxylic acids is 1. The summed E-state index contributed by atoms with van der Waals surface area (Å²) in [5.41, 5.74) is 5.30. The van der Waals surface area contributed by atoms with Crippen LogP contribution in [0.15, 0.2) is 0 Å². The highest BCUT2D eigenvalue weighted by atomic mass is 16.5. The fourth-order valence-corrected chi connectivity index (χ4v) is 0.853. The first-order chi connectivity index (χ1) is 5.99. The summed E-state index contributed by atoms with van der Waals surface area (Å²) in [7, 11) is 0. The zero-order valence-electron chi connectivity index (χ0n) is 7.82. The standard InChI is InChI=1S/C8H15NO4/c1-3-13-6(10)4-5(2)7(9)8(11)12/h5,7H,3-4,9H2,1-2H3,(H,11,12)/t5?,7-/m0/s1. The lowest BCUT2D eigenvalue weighted by Gasteiger charge is -2.14. The molecule has 0 saturated carbocycles. The van der Waals surface area contributed by atoms with Gasteiger partial charge in [-0.15, -0.1) is 0 Å². The van der Waals surface area contributed by atoms with Gasteiger partial charge >= 0.3 is 11.9 Å². The van der Waals surface area contributed by atoms with Crippen LogP contribution in [0.3, 0.4) is 0 Å². The number of hydrogen-bond donors (Lipinski definition) is 2. The molecule has 5 heteroatoms. The van der Waals surface area contributed by atoms with Gasteiger partial charge in [-0.05, 0) is 12.8 Å². The minimum absolute atomic E-state index is 0.0430. The van der Waals surface area contributed by atoms with Crippen molar-refractivity contribution in [3.05, 3.63) is 0 Å². The van der Waals surface area contributed by atoms with Crippen LogP contribution < -0.4 is 5.73 Å². The molecular formula is C8H15NO4. The molecule has 0 radical (unpaired) electrons. The predicted molar refractivity (Wildman–Crippen MR) is 46.0 cm³/mol. The van der Waals surface area contributed by atoms with Crippen LogP contribution in [0.4, 0.5) is 0 Å². The van der Waals surface area contributed by atoms with E-state index in [1.165, 1.54) is 0 Å². The molecule has 13 heavy (non-hydrogen) atoms. The van der Waals surface area contributed by atoms with Gasteiger partial charge in [0, 0.05) is 0 Å². The molecular weight excluding hydrogens is 174 g/mol. The number of carboxylic acid groups (broad SMARTS) is 1. The van der Waals surface area contributed by atoms with Gasteiger partial charge in [0.25, 0.3) is 0 Å². The van der Waals surface area contributed by atoms with Crippen molar-refractivity contribution in [2.75, 3.05) is 6.61 Å². The smallest absolute Gasteiger partial charge is 0.320 e. The Morgan fingerprint density at radius 2 is 2.08 bits per heavy atom. The molecule has 0 fully saturated rings. The summed E-state index contributed by atoms with van der Waals surface area (Å²) in [6.45, 7) is 3.60. The van der Waals surface area contributed by atoms with E-state index in [2.05, 4.69) is 4.74 Å². The maximum atomic E-state index is 10.9. The van der Waals surface area contributed by atoms with Crippen LogP contribution in [0.2, 0.25) is 0 Å². The lowest BCUT2D eigenvalue weighted by Crippen LogP contribution is -2.37. The molecule has 1 unspecified atom stereocenters. The fraction of sp³-hybridized carbons (Fsp3) is 0.750. The van der Waals surface area contributed by atoms with Crippen molar-refractivity contribution in [2.24, 2.45) is 11.7 Å². The first kappa shape index (κ1) is 11.9. The summed E-state index contributed by atoms with van der Waals surface area (Å²) in [5, 5.41) is 8.52. The number of nitrogens with two attached hydrogens (primary N) is 1. The second kappa shape index (κ2) is 5.53. The van der Waals surface area contributed by atoms with E-state index in [4.69, 9.17) is 10.8 Å². The third-order valence-corrected chi connectivity index (χ3v) is 1.69. The van der Waals surface area contributed by atoms with Crippen molar-refractivity contribution in [2.45, 2.75) is 26.3 Å². The largest absolute Gasteiger partial charge is 0.480 e. The average Bonchev–Trinajstić information content (AvgIpc) is 2.03. The Bertz CT molecular complexity index is 193. The van der Waals surface area contributed by atoms with Gasteiger partial charge in [0.05, 0.1) is 13.0 Å². The average molecular weight is 189 g/mol. The van der Waals surface area contributed by atoms with E-state index in [0.717, 1.165) is 0 Å². The third-order valence-electron chi connectivity index (χ3n) is 1.69. The molecule has 0 amide bonds. The minimum atomic E-state index is -1.10. The molecule has 0 aliphatic carbocycles. The van der Waals surface area contributed by atoms with E-state index in [9.17, 15) is 9.59 Å². The lowest BCUT2D eigenvalue weighted by molar-refractivity contribution is -0.145. The molecule has 0 heterocycles. The number of carboxylic acids is 1. The Balaban J connectivity index is 3.92. The van der Waals surface area contributed by atoms with Crippen LogP contribution >= 0.6 is 0 Å². The van der Waals surface area contributed by atoms with Gasteiger partial charge < -0.3 is 15.6 Å². The normalized spacial score (nSPS) is 14.7. The molecule has 0 aliphatic heterocycles. The second-order valence-electron chi connectivity index (χ2n) is 2.85. The lowest BCUT2D eigenvalue weighted by atomic mass is 9.99. The van der Waals surface area contributed by atoms with Crippen molar-refractivity contribution in [1.29, 1.82) is 0 Å². The highest BCUT2D eigenvalue weighted by Crippen LogP contribution is 2.07. The van der Waals surface area contributed by atoms with Gasteiger partial charge in [0.15, 0.2) is 0 Å². The molecule has 0 aromatic carbocycles. The first-order valence-electron chi connectivity index (χ1n) is 4.13. The zero-order chi connectivity index (χ0) is 10.4. The van der Waals surface area contributed by atoms with Gasteiger partial charge in [-0.25, -0.2) is 0 Å². The number of aliphatic carboxylic acids is 1. The SMILES string of the molecule is CCOC(=O)CC(C)[C@H](N)C(=O)O. The Morgan fingerprint density at radius 3 is 2.46 bits per heavy atom. The van der Waals surface area contributed by atoms with E-state index in [1.54, 1.807) is 13.8 Å². The van der Waals surface area contributed by atoms with Gasteiger partial charge in [-0.1, -0.05) is 6.92 Å². The Hall–Kier alpha value is -1.10. The van der Waals surface area contributed by atoms with Crippen LogP contribution in [0.5, 0.6) is 0 Å². The van der Waals surface area contributed by atoms with Gasteiger partial charge in [-0.2, -0.15) is 0 Å². The number of rotatable bonds is 5. The van der Waals surface area contributed by atoms with Gasteiger partial charge in [0.2, 0.25) is 0 Å². The predicted octanol–water partition coefficient (Wildman–Crippen LogP) is -0.0124. The van der Waals surface area contributed by atoms with Crippen molar-refractivity contribution < 1.29 is 19.4 Å². The summed E-state index contributed by atoms with van der Waals surface area (Å²) in [4.78, 5) is 21.3. The highest BCUT2D eigenvalue weighted by Gasteiger charge is 2.22. The second-order valence-corrected chi connectivity index (χ2v) is 2.85. The van der Waals surface area contributed by atoms with Crippen molar-refractivity contribution in [3.63, 3.8) is 0 Å². The van der Waals surface area contributed by atoms with Crippen LogP contribution in [0, 0.1) is 5.92 Å². The van der Waals surface area contributed by atoms with E-state index < -0.39 is 23.9 Å². The maximum Gasteiger partial charge on any atom is 0.320 e. The molecule has 3 N–H and O–H groups in total. The highest BCUT2D eigenvalue weighted by molar-refractivity contribution is 5.75. The quantitative estimate of drug-likeness (QED) is 0.593. The Kier molecular flexibility index (Phi) is 5.06. The monoisotopic (exact) mass is 189 g/mol. The molecule has 0 aromatic heterocycles. The van der Waals surface area contributed by atoms with Gasteiger partial charge in [0.1, 0.15) is 6.04 Å². The summed E-state index contributed by atoms with van der Waals surface area (Å²) in [6.07, 6.45) is 0.0430. The van der Waals surface area contributed by atoms with E-state index in [1.807, 2.05) is 0 Å². The topological polar surface area (TPSA) is 89.6 Å². The molecule has 2 atom stereocenters. The maximum absolute atomic E-state index is 10.9. The number of ether oxygens (including phenoxy) is 1. The third kappa shape index (κ3) is 4.47. The van der Waals surface area contributed by atoms with Gasteiger partial charge in [-0.3, -0.25) is 9.59 Å². The van der Waals surface area contributed by atoms with Crippen molar-refractivity contribution >= 4 is 11.9 Å². The number of hydrogen-bond acceptors (Lipinski definition) is 4. The summed E-state index contributed by atoms with van der Waals surface area (Å²) < 4.78 is 4.66. The van der Waals surface area contributed by atoms with Crippen molar-refractivity contribution in [1.82, 2.24) is 0 Å². The molecule has 0 bridgehead atoms. The number of esters is 1. The number of carbonyl (C=O) groups is 2. The van der Waals surface area contributed by atoms with Crippen LogP contribution in [0.25, 0.3) is 0 Å². The molecule has 5 nitrogen and oxygen atoms in total. The molecule has 0 saturated heterocycles. The van der Waals surface area contributed by atoms with Crippen LogP contribution in [0.1, 0.15) is 20.3 Å². The zero-order valence-corrected chi connectivity index (χ0v) is 7.82. The Morgan fingerprint density at radius 1 is 1.54 bits per heavy atom. The van der Waals surface area contributed by atoms with Crippen LogP contribution in [-0.4, -0.2) is 29.7 Å². The molecule has 0 spiro atoms. The Labute approximate surface area is 76.9 Å². The van der Waals surface area contributed by atoms with E-state index in [0.29, 0.717) is 6.61 Å². The van der Waals surface area contributed by atoms with E-state index >= 15 is 0 Å². The first-order valence-corrected chi connectivity index (χ1v) is 4.13. The summed E-state index contributed by atoms with van der Waals surface area (Å²) in [6, 6.07) is -1.01. The molecule has 76 valence electrons. The van der Waals surface area contributed by atoms with Crippen LogP contribution in [-0.2, 0) is 14.3 Å². The van der Waals surface area contributed by atoms with Crippen molar-refractivity contribution in [3.8, 4) is 0 Å². The fourth-order valence-electron chi connectivity index (χ4n) is 0.853. The molecule has 0 rings (SSSR count). The summed E-state index contributed by atoms with van der Waals surface area (Å²) >= 11 is 0. The summed E-state index contributed by atoms with van der Waals surface area (Å²) in [5.74, 6) is -1.92. The molecule has 0 aromatic rings. The molecule has 0 aliphatic rings.